The third-order valence-corrected chi connectivity index (χ3v) is 3.93. The van der Waals surface area contributed by atoms with Gasteiger partial charge in [0, 0.05) is 24.7 Å². The average Bonchev–Trinajstić information content (AvgIpc) is 3.34. The van der Waals surface area contributed by atoms with Crippen LogP contribution in [0.1, 0.15) is 30.0 Å². The summed E-state index contributed by atoms with van der Waals surface area (Å²) >= 11 is 0. The van der Waals surface area contributed by atoms with E-state index in [0.717, 1.165) is 12.1 Å². The van der Waals surface area contributed by atoms with E-state index in [1.807, 2.05) is 18.2 Å². The highest BCUT2D eigenvalue weighted by Gasteiger charge is 2.31. The van der Waals surface area contributed by atoms with Crippen LogP contribution in [0.2, 0.25) is 0 Å². The van der Waals surface area contributed by atoms with Crippen molar-refractivity contribution in [3.63, 3.8) is 0 Å². The lowest BCUT2D eigenvalue weighted by Crippen LogP contribution is -2.22. The van der Waals surface area contributed by atoms with Crippen molar-refractivity contribution >= 4 is 5.69 Å². The van der Waals surface area contributed by atoms with E-state index in [9.17, 15) is 10.1 Å². The lowest BCUT2D eigenvalue weighted by atomic mass is 10.0. The minimum absolute atomic E-state index is 0.139. The summed E-state index contributed by atoms with van der Waals surface area (Å²) in [7, 11) is 0. The summed E-state index contributed by atoms with van der Waals surface area (Å²) < 4.78 is 0. The van der Waals surface area contributed by atoms with Crippen molar-refractivity contribution in [1.29, 1.82) is 0 Å². The molecule has 1 unspecified atom stereocenters. The van der Waals surface area contributed by atoms with Crippen LogP contribution in [-0.2, 0) is 6.54 Å². The van der Waals surface area contributed by atoms with Gasteiger partial charge in [-0.05, 0) is 29.9 Å². The Hall–Kier alpha value is -2.20. The van der Waals surface area contributed by atoms with Gasteiger partial charge in [0.25, 0.3) is 5.69 Å². The number of nitrogens with zero attached hydrogens (tertiary/aromatic N) is 1. The molecule has 0 saturated heterocycles. The van der Waals surface area contributed by atoms with Crippen LogP contribution >= 0.6 is 0 Å². The third kappa shape index (κ3) is 3.47. The van der Waals surface area contributed by atoms with Crippen LogP contribution < -0.4 is 5.32 Å². The Morgan fingerprint density at radius 3 is 2.33 bits per heavy atom. The van der Waals surface area contributed by atoms with Crippen molar-refractivity contribution in [3.8, 4) is 0 Å². The summed E-state index contributed by atoms with van der Waals surface area (Å²) in [5, 5.41) is 14.2. The summed E-state index contributed by atoms with van der Waals surface area (Å²) in [6.07, 6.45) is 2.54. The second kappa shape index (κ2) is 6.06. The minimum atomic E-state index is -0.367. The van der Waals surface area contributed by atoms with Crippen molar-refractivity contribution in [2.45, 2.75) is 25.4 Å². The molecule has 1 aliphatic carbocycles. The molecule has 0 spiro atoms. The molecule has 0 aliphatic heterocycles. The summed E-state index contributed by atoms with van der Waals surface area (Å²) in [5.74, 6) is 0.713. The van der Waals surface area contributed by atoms with Crippen LogP contribution in [0.25, 0.3) is 0 Å². The Bertz CT molecular complexity index is 606. The summed E-state index contributed by atoms with van der Waals surface area (Å²) in [6.45, 7) is 0.730. The first-order valence-electron chi connectivity index (χ1n) is 7.26. The second-order valence-electron chi connectivity index (χ2n) is 5.53. The number of rotatable bonds is 6. The molecule has 2 aromatic carbocycles. The van der Waals surface area contributed by atoms with Crippen molar-refractivity contribution in [1.82, 2.24) is 5.32 Å². The lowest BCUT2D eigenvalue weighted by Gasteiger charge is -2.18. The quantitative estimate of drug-likeness (QED) is 0.647. The fraction of sp³-hybridized carbons (Fsp3) is 0.294. The highest BCUT2D eigenvalue weighted by Crippen LogP contribution is 2.41. The van der Waals surface area contributed by atoms with Gasteiger partial charge in [0.1, 0.15) is 0 Å². The van der Waals surface area contributed by atoms with Gasteiger partial charge >= 0.3 is 0 Å². The van der Waals surface area contributed by atoms with Crippen molar-refractivity contribution in [3.05, 3.63) is 75.8 Å². The molecule has 1 N–H and O–H groups in total. The summed E-state index contributed by atoms with van der Waals surface area (Å²) in [4.78, 5) is 10.3. The van der Waals surface area contributed by atoms with Crippen LogP contribution in [0, 0.1) is 16.0 Å². The summed E-state index contributed by atoms with van der Waals surface area (Å²) in [5.41, 5.74) is 2.53. The van der Waals surface area contributed by atoms with Crippen molar-refractivity contribution in [2.75, 3.05) is 0 Å². The molecule has 0 heterocycles. The van der Waals surface area contributed by atoms with E-state index in [-0.39, 0.29) is 10.6 Å². The molecule has 1 saturated carbocycles. The molecule has 1 atom stereocenters. The van der Waals surface area contributed by atoms with Crippen LogP contribution in [-0.4, -0.2) is 4.92 Å². The number of nitro groups is 1. The zero-order valence-corrected chi connectivity index (χ0v) is 11.7. The zero-order valence-electron chi connectivity index (χ0n) is 11.7. The van der Waals surface area contributed by atoms with E-state index in [0.29, 0.717) is 12.0 Å². The van der Waals surface area contributed by atoms with Crippen LogP contribution in [0.4, 0.5) is 5.69 Å². The monoisotopic (exact) mass is 282 g/mol. The Morgan fingerprint density at radius 2 is 1.76 bits per heavy atom. The Kier molecular flexibility index (Phi) is 3.97. The molecule has 0 radical (unpaired) electrons. The first-order chi connectivity index (χ1) is 10.2. The molecule has 3 rings (SSSR count). The van der Waals surface area contributed by atoms with E-state index < -0.39 is 0 Å². The molecule has 0 amide bonds. The minimum Gasteiger partial charge on any atom is -0.306 e. The maximum Gasteiger partial charge on any atom is 0.269 e. The van der Waals surface area contributed by atoms with Crippen LogP contribution in [0.5, 0.6) is 0 Å². The van der Waals surface area contributed by atoms with Gasteiger partial charge in [-0.15, -0.1) is 0 Å². The largest absolute Gasteiger partial charge is 0.306 e. The highest BCUT2D eigenvalue weighted by molar-refractivity contribution is 5.33. The smallest absolute Gasteiger partial charge is 0.269 e. The number of hydrogen-bond donors (Lipinski definition) is 1. The molecule has 108 valence electrons. The first kappa shape index (κ1) is 13.8. The molecule has 1 aliphatic rings. The van der Waals surface area contributed by atoms with Gasteiger partial charge in [0.05, 0.1) is 4.92 Å². The Morgan fingerprint density at radius 1 is 1.10 bits per heavy atom. The SMILES string of the molecule is O=[N+]([O-])c1ccc(CNC(c2ccccc2)C2CC2)cc1. The molecule has 4 nitrogen and oxygen atoms in total. The second-order valence-corrected chi connectivity index (χ2v) is 5.53. The van der Waals surface area contributed by atoms with E-state index in [4.69, 9.17) is 0 Å². The fourth-order valence-electron chi connectivity index (χ4n) is 2.61. The van der Waals surface area contributed by atoms with Gasteiger partial charge in [-0.1, -0.05) is 42.5 Å². The molecule has 1 fully saturated rings. The topological polar surface area (TPSA) is 55.2 Å². The van der Waals surface area contributed by atoms with Gasteiger partial charge < -0.3 is 5.32 Å². The van der Waals surface area contributed by atoms with Crippen molar-refractivity contribution in [2.24, 2.45) is 5.92 Å². The predicted octanol–water partition coefficient (Wildman–Crippen LogP) is 3.84. The van der Waals surface area contributed by atoms with Gasteiger partial charge in [-0.2, -0.15) is 0 Å². The van der Waals surface area contributed by atoms with Gasteiger partial charge in [0.2, 0.25) is 0 Å². The van der Waals surface area contributed by atoms with E-state index in [2.05, 4.69) is 29.6 Å². The maximum atomic E-state index is 10.7. The predicted molar refractivity (Wildman–Crippen MR) is 81.8 cm³/mol. The number of non-ortho nitro benzene ring substituents is 1. The molecule has 0 aromatic heterocycles. The first-order valence-corrected chi connectivity index (χ1v) is 7.26. The molecule has 21 heavy (non-hydrogen) atoms. The van der Waals surface area contributed by atoms with E-state index >= 15 is 0 Å². The number of benzene rings is 2. The molecule has 2 aromatic rings. The Balaban J connectivity index is 1.66. The van der Waals surface area contributed by atoms with E-state index in [1.165, 1.54) is 18.4 Å². The molecule has 0 bridgehead atoms. The number of nitrogens with one attached hydrogen (secondary N) is 1. The average molecular weight is 282 g/mol. The lowest BCUT2D eigenvalue weighted by molar-refractivity contribution is -0.384. The molecule has 4 heteroatoms. The zero-order chi connectivity index (χ0) is 14.7. The number of nitro benzene ring substituents is 1. The maximum absolute atomic E-state index is 10.7. The van der Waals surface area contributed by atoms with Crippen LogP contribution in [0.3, 0.4) is 0 Å². The van der Waals surface area contributed by atoms with Crippen LogP contribution in [0.15, 0.2) is 54.6 Å². The van der Waals surface area contributed by atoms with E-state index in [1.54, 1.807) is 12.1 Å². The summed E-state index contributed by atoms with van der Waals surface area (Å²) in [6, 6.07) is 17.6. The highest BCUT2D eigenvalue weighted by atomic mass is 16.6. The Labute approximate surface area is 124 Å². The molecular weight excluding hydrogens is 264 g/mol. The normalized spacial score (nSPS) is 15.6. The third-order valence-electron chi connectivity index (χ3n) is 3.93. The van der Waals surface area contributed by atoms with Gasteiger partial charge in [0.15, 0.2) is 0 Å². The van der Waals surface area contributed by atoms with Crippen molar-refractivity contribution < 1.29 is 4.92 Å². The number of hydrogen-bond acceptors (Lipinski definition) is 3. The fourth-order valence-corrected chi connectivity index (χ4v) is 2.61. The molecular formula is C17H18N2O2. The van der Waals surface area contributed by atoms with Gasteiger partial charge in [-0.3, -0.25) is 10.1 Å². The standard InChI is InChI=1S/C17H18N2O2/c20-19(21)16-10-6-13(7-11-16)12-18-17(15-8-9-15)14-4-2-1-3-5-14/h1-7,10-11,15,17-18H,8-9,12H2. The van der Waals surface area contributed by atoms with Gasteiger partial charge in [-0.25, -0.2) is 0 Å².